The van der Waals surface area contributed by atoms with Crippen LogP contribution in [-0.2, 0) is 4.74 Å². The molecule has 1 heterocycles. The van der Waals surface area contributed by atoms with Crippen LogP contribution in [0.1, 0.15) is 23.7 Å². The Bertz CT molecular complexity index is 503. The largest absolute Gasteiger partial charge is 0.673 e. The number of carbonyl (C=O) groups excluding carboxylic acids is 1. The Morgan fingerprint density at radius 3 is 2.14 bits per heavy atom. The van der Waals surface area contributed by atoms with Crippen LogP contribution < -0.4 is 0 Å². The van der Waals surface area contributed by atoms with E-state index in [1.165, 1.54) is 0 Å². The van der Waals surface area contributed by atoms with Gasteiger partial charge >= 0.3 is 7.25 Å². The van der Waals surface area contributed by atoms with Crippen molar-refractivity contribution >= 4 is 18.7 Å². The number of hydrogen-bond donors (Lipinski definition) is 0. The van der Waals surface area contributed by atoms with Gasteiger partial charge in [0.2, 0.25) is 0 Å². The fourth-order valence-electron chi connectivity index (χ4n) is 2.02. The number of benzene rings is 1. The van der Waals surface area contributed by atoms with Gasteiger partial charge in [0.1, 0.15) is 13.2 Å². The Hall–Kier alpha value is -1.70. The van der Waals surface area contributed by atoms with Crippen LogP contribution in [0.15, 0.2) is 30.3 Å². The summed E-state index contributed by atoms with van der Waals surface area (Å²) in [5, 5.41) is 0. The highest BCUT2D eigenvalue weighted by molar-refractivity contribution is 6.50. The molecule has 0 bridgehead atoms. The minimum absolute atomic E-state index is 0.189. The van der Waals surface area contributed by atoms with Crippen molar-refractivity contribution in [3.05, 3.63) is 35.9 Å². The number of halogens is 4. The van der Waals surface area contributed by atoms with E-state index in [1.807, 2.05) is 37.3 Å². The summed E-state index contributed by atoms with van der Waals surface area (Å²) in [5.74, 6) is 0.189. The summed E-state index contributed by atoms with van der Waals surface area (Å²) in [4.78, 5) is 12.0. The summed E-state index contributed by atoms with van der Waals surface area (Å²) < 4.78 is 46.5. The molecule has 1 saturated heterocycles. The van der Waals surface area contributed by atoms with Crippen LogP contribution in [0, 0.1) is 0 Å². The Kier molecular flexibility index (Phi) is 7.24. The van der Waals surface area contributed by atoms with Crippen LogP contribution in [0.5, 0.6) is 0 Å². The van der Waals surface area contributed by atoms with Gasteiger partial charge in [-0.2, -0.15) is 0 Å². The molecule has 122 valence electrons. The van der Waals surface area contributed by atoms with E-state index in [1.54, 1.807) is 0 Å². The molecular formula is C14H18BF4NO2. The van der Waals surface area contributed by atoms with E-state index < -0.39 is 7.25 Å². The van der Waals surface area contributed by atoms with Crippen LogP contribution >= 0.6 is 0 Å². The van der Waals surface area contributed by atoms with Gasteiger partial charge in [-0.1, -0.05) is 30.3 Å². The third-order valence-electron chi connectivity index (χ3n) is 3.06. The van der Waals surface area contributed by atoms with Crippen LogP contribution in [0.2, 0.25) is 0 Å². The molecule has 0 aliphatic carbocycles. The van der Waals surface area contributed by atoms with Crippen molar-refractivity contribution in [3.8, 4) is 0 Å². The van der Waals surface area contributed by atoms with Crippen molar-refractivity contribution in [1.82, 2.24) is 0 Å². The second-order valence-corrected chi connectivity index (χ2v) is 4.80. The Morgan fingerprint density at radius 1 is 1.14 bits per heavy atom. The topological polar surface area (TPSA) is 29.3 Å². The van der Waals surface area contributed by atoms with Gasteiger partial charge in [-0.15, -0.1) is 0 Å². The maximum absolute atomic E-state index is 12.0. The number of nitrogens with zero attached hydrogens (tertiary/aromatic N) is 1. The number of Topliss-reactive ketones (excluding diaryl/α,β-unsaturated/α-hetero) is 1. The number of carbonyl (C=O) groups is 1. The molecule has 0 spiro atoms. The molecule has 0 N–H and O–H groups in total. The molecule has 3 nitrogen and oxygen atoms in total. The number of ether oxygens (including phenoxy) is 1. The quantitative estimate of drug-likeness (QED) is 0.371. The molecular weight excluding hydrogens is 301 g/mol. The molecule has 1 aromatic rings. The zero-order valence-electron chi connectivity index (χ0n) is 12.3. The van der Waals surface area contributed by atoms with Crippen molar-refractivity contribution < 1.29 is 31.4 Å². The molecule has 0 saturated carbocycles. The SMILES string of the molecule is CC(CC(=O)c1ccccc1)=[N+]1CCOCC1.F[B-](F)(F)F. The van der Waals surface area contributed by atoms with E-state index in [0.717, 1.165) is 37.6 Å². The lowest BCUT2D eigenvalue weighted by atomic mass is 10.1. The van der Waals surface area contributed by atoms with Crippen molar-refractivity contribution in [2.24, 2.45) is 0 Å². The first kappa shape index (κ1) is 18.4. The van der Waals surface area contributed by atoms with E-state index in [4.69, 9.17) is 4.74 Å². The summed E-state index contributed by atoms with van der Waals surface area (Å²) in [7, 11) is -6.00. The van der Waals surface area contributed by atoms with Gasteiger partial charge in [0.25, 0.3) is 0 Å². The van der Waals surface area contributed by atoms with Crippen LogP contribution in [0.3, 0.4) is 0 Å². The van der Waals surface area contributed by atoms with E-state index in [-0.39, 0.29) is 5.78 Å². The monoisotopic (exact) mass is 319 g/mol. The highest BCUT2D eigenvalue weighted by atomic mass is 19.5. The van der Waals surface area contributed by atoms with Crippen molar-refractivity contribution in [2.75, 3.05) is 26.3 Å². The Balaban J connectivity index is 0.000000422. The molecule has 0 aromatic heterocycles. The molecule has 1 fully saturated rings. The smallest absolute Gasteiger partial charge is 0.418 e. The normalized spacial score (nSPS) is 14.9. The average molecular weight is 319 g/mol. The summed E-state index contributed by atoms with van der Waals surface area (Å²) in [5.41, 5.74) is 1.93. The predicted octanol–water partition coefficient (Wildman–Crippen LogP) is 3.06. The summed E-state index contributed by atoms with van der Waals surface area (Å²) in [6, 6.07) is 9.47. The standard InChI is InChI=1S/C14H18NO2.BF4/c1-12(15-7-9-17-10-8-15)11-14(16)13-5-3-2-4-6-13;2-1(3,4)5/h2-6H,7-11H2,1H3;/q+1;-1. The summed E-state index contributed by atoms with van der Waals surface area (Å²) in [6.07, 6.45) is 0.504. The fraction of sp³-hybridized carbons (Fsp3) is 0.429. The van der Waals surface area contributed by atoms with Crippen molar-refractivity contribution in [3.63, 3.8) is 0 Å². The lowest BCUT2D eigenvalue weighted by Gasteiger charge is -2.13. The third-order valence-corrected chi connectivity index (χ3v) is 3.06. The fourth-order valence-corrected chi connectivity index (χ4v) is 2.02. The van der Waals surface area contributed by atoms with Gasteiger partial charge in [0.05, 0.1) is 6.42 Å². The summed E-state index contributed by atoms with van der Waals surface area (Å²) >= 11 is 0. The lowest BCUT2D eigenvalue weighted by Crippen LogP contribution is -2.33. The van der Waals surface area contributed by atoms with Gasteiger partial charge in [-0.3, -0.25) is 4.79 Å². The van der Waals surface area contributed by atoms with Crippen molar-refractivity contribution in [1.29, 1.82) is 0 Å². The molecule has 1 aliphatic heterocycles. The van der Waals surface area contributed by atoms with Crippen LogP contribution in [0.25, 0.3) is 0 Å². The molecule has 0 amide bonds. The lowest BCUT2D eigenvalue weighted by molar-refractivity contribution is -0.550. The number of hydrogen-bond acceptors (Lipinski definition) is 2. The first-order valence-electron chi connectivity index (χ1n) is 6.88. The second-order valence-electron chi connectivity index (χ2n) is 4.80. The number of morpholine rings is 1. The van der Waals surface area contributed by atoms with Crippen LogP contribution in [0.4, 0.5) is 17.3 Å². The third kappa shape index (κ3) is 7.92. The van der Waals surface area contributed by atoms with E-state index in [0.29, 0.717) is 6.42 Å². The zero-order valence-corrected chi connectivity index (χ0v) is 12.3. The molecule has 8 heteroatoms. The van der Waals surface area contributed by atoms with Gasteiger partial charge in [-0.25, -0.2) is 4.58 Å². The van der Waals surface area contributed by atoms with Gasteiger partial charge in [0.15, 0.2) is 24.6 Å². The maximum atomic E-state index is 12.0. The van der Waals surface area contributed by atoms with E-state index >= 15 is 0 Å². The number of rotatable bonds is 3. The van der Waals surface area contributed by atoms with Gasteiger partial charge in [0, 0.05) is 12.5 Å². The Morgan fingerprint density at radius 2 is 1.64 bits per heavy atom. The van der Waals surface area contributed by atoms with Crippen LogP contribution in [-0.4, -0.2) is 49.6 Å². The second kappa shape index (κ2) is 8.68. The molecule has 0 unspecified atom stereocenters. The molecule has 0 atom stereocenters. The first-order chi connectivity index (χ1) is 10.3. The molecule has 0 radical (unpaired) electrons. The molecule has 1 aromatic carbocycles. The molecule has 2 rings (SSSR count). The van der Waals surface area contributed by atoms with Crippen molar-refractivity contribution in [2.45, 2.75) is 13.3 Å². The summed E-state index contributed by atoms with van der Waals surface area (Å²) in [6.45, 7) is 5.35. The maximum Gasteiger partial charge on any atom is 0.673 e. The number of ketones is 1. The minimum Gasteiger partial charge on any atom is -0.418 e. The van der Waals surface area contributed by atoms with E-state index in [2.05, 4.69) is 4.58 Å². The highest BCUT2D eigenvalue weighted by Gasteiger charge is 2.20. The average Bonchev–Trinajstić information content (AvgIpc) is 2.47. The predicted molar refractivity (Wildman–Crippen MR) is 77.1 cm³/mol. The Labute approximate surface area is 126 Å². The van der Waals surface area contributed by atoms with Gasteiger partial charge < -0.3 is 22.0 Å². The molecule has 22 heavy (non-hydrogen) atoms. The van der Waals surface area contributed by atoms with E-state index in [9.17, 15) is 22.1 Å². The highest BCUT2D eigenvalue weighted by Crippen LogP contribution is 2.06. The van der Waals surface area contributed by atoms with Gasteiger partial charge in [-0.05, 0) is 0 Å². The first-order valence-corrected chi connectivity index (χ1v) is 6.88. The zero-order chi connectivity index (χ0) is 16.6. The minimum atomic E-state index is -6.00. The molecule has 1 aliphatic rings.